The van der Waals surface area contributed by atoms with Gasteiger partial charge in [-0.25, -0.2) is 22.2 Å². The molecule has 0 saturated carbocycles. The minimum atomic E-state index is -4.01. The molecule has 0 aliphatic carbocycles. The first-order valence-electron chi connectivity index (χ1n) is 13.6. The molecule has 5 aromatic rings. The van der Waals surface area contributed by atoms with Gasteiger partial charge in [0.25, 0.3) is 0 Å². The molecule has 0 fully saturated rings. The highest BCUT2D eigenvalue weighted by Crippen LogP contribution is 2.33. The van der Waals surface area contributed by atoms with Crippen LogP contribution in [-0.4, -0.2) is 40.3 Å². The smallest absolute Gasteiger partial charge is 0.322 e. The van der Waals surface area contributed by atoms with Crippen LogP contribution in [0.15, 0.2) is 120 Å². The number of sulfonamides is 1. The van der Waals surface area contributed by atoms with Gasteiger partial charge in [-0.2, -0.15) is 4.31 Å². The first-order valence-corrected chi connectivity index (χ1v) is 15.0. The Balaban J connectivity index is 1.46. The van der Waals surface area contributed by atoms with Crippen molar-refractivity contribution in [2.24, 2.45) is 0 Å². The Labute approximate surface area is 253 Å². The third-order valence-corrected chi connectivity index (χ3v) is 8.69. The molecule has 11 heteroatoms. The Morgan fingerprint density at radius 1 is 0.795 bits per heavy atom. The van der Waals surface area contributed by atoms with Gasteiger partial charge in [0.15, 0.2) is 0 Å². The standard InChI is InChI=1S/C33H28F2N4O4S/c34-27-14-10-25(11-15-27)33(26-12-16-28(35)17-13-26)24-8-6-23(7-9-24)21-39(44(42,43)30-4-2-18-36-19-30)22-29-3-1-5-31(38-29)37-20-32(40)41/h1-19,33H,20-22H2,(H,37,38)(H,40,41). The Bertz CT molecular complexity index is 1780. The number of nitrogens with zero attached hydrogens (tertiary/aromatic N) is 3. The normalized spacial score (nSPS) is 11.5. The number of aliphatic carboxylic acids is 1. The molecule has 5 rings (SSSR count). The monoisotopic (exact) mass is 614 g/mol. The van der Waals surface area contributed by atoms with E-state index in [9.17, 15) is 22.0 Å². The summed E-state index contributed by atoms with van der Waals surface area (Å²) in [7, 11) is -4.01. The van der Waals surface area contributed by atoms with Gasteiger partial charge in [-0.05, 0) is 70.8 Å². The lowest BCUT2D eigenvalue weighted by molar-refractivity contribution is -0.134. The van der Waals surface area contributed by atoms with Crippen LogP contribution >= 0.6 is 0 Å². The molecule has 8 nitrogen and oxygen atoms in total. The largest absolute Gasteiger partial charge is 0.480 e. The summed E-state index contributed by atoms with van der Waals surface area (Å²) in [5.41, 5.74) is 3.59. The minimum Gasteiger partial charge on any atom is -0.480 e. The van der Waals surface area contributed by atoms with Crippen molar-refractivity contribution in [1.29, 1.82) is 0 Å². The molecule has 224 valence electrons. The molecule has 0 saturated heterocycles. The number of pyridine rings is 2. The van der Waals surface area contributed by atoms with Gasteiger partial charge in [0.2, 0.25) is 10.0 Å². The van der Waals surface area contributed by atoms with Crippen molar-refractivity contribution in [3.05, 3.63) is 155 Å². The van der Waals surface area contributed by atoms with Gasteiger partial charge in [0.05, 0.1) is 12.2 Å². The maximum absolute atomic E-state index is 13.7. The van der Waals surface area contributed by atoms with Gasteiger partial charge in [-0.3, -0.25) is 9.78 Å². The predicted octanol–water partition coefficient (Wildman–Crippen LogP) is 5.82. The van der Waals surface area contributed by atoms with E-state index in [1.54, 1.807) is 48.5 Å². The number of anilines is 1. The van der Waals surface area contributed by atoms with E-state index in [-0.39, 0.29) is 42.1 Å². The summed E-state index contributed by atoms with van der Waals surface area (Å²) in [6, 6.07) is 27.6. The van der Waals surface area contributed by atoms with Crippen LogP contribution in [-0.2, 0) is 27.9 Å². The molecule has 0 amide bonds. The van der Waals surface area contributed by atoms with Crippen molar-refractivity contribution in [3.8, 4) is 0 Å². The van der Waals surface area contributed by atoms with Crippen LogP contribution in [0.4, 0.5) is 14.6 Å². The van der Waals surface area contributed by atoms with Crippen LogP contribution < -0.4 is 5.32 Å². The SMILES string of the molecule is O=C(O)CNc1cccc(CN(Cc2ccc(C(c3ccc(F)cc3)c3ccc(F)cc3)cc2)S(=O)(=O)c2cccnc2)n1. The van der Waals surface area contributed by atoms with Crippen LogP contribution in [0.25, 0.3) is 0 Å². The van der Waals surface area contributed by atoms with Gasteiger partial charge in [-0.1, -0.05) is 54.6 Å². The third kappa shape index (κ3) is 7.49. The fourth-order valence-electron chi connectivity index (χ4n) is 4.79. The Morgan fingerprint density at radius 2 is 1.39 bits per heavy atom. The number of hydrogen-bond acceptors (Lipinski definition) is 6. The van der Waals surface area contributed by atoms with E-state index >= 15 is 0 Å². The zero-order valence-electron chi connectivity index (χ0n) is 23.3. The lowest BCUT2D eigenvalue weighted by atomic mass is 9.85. The van der Waals surface area contributed by atoms with Crippen molar-refractivity contribution in [3.63, 3.8) is 0 Å². The molecule has 2 aromatic heterocycles. The summed E-state index contributed by atoms with van der Waals surface area (Å²) in [6.45, 7) is -0.420. The zero-order valence-corrected chi connectivity index (χ0v) is 24.2. The first kappa shape index (κ1) is 30.5. The average Bonchev–Trinajstić information content (AvgIpc) is 3.03. The number of nitrogens with one attached hydrogen (secondary N) is 1. The molecule has 2 N–H and O–H groups in total. The van der Waals surface area contributed by atoms with Gasteiger partial charge < -0.3 is 10.4 Å². The molecule has 0 atom stereocenters. The highest BCUT2D eigenvalue weighted by molar-refractivity contribution is 7.89. The number of carbonyl (C=O) groups is 1. The second kappa shape index (κ2) is 13.5. The Morgan fingerprint density at radius 3 is 1.93 bits per heavy atom. The van der Waals surface area contributed by atoms with E-state index in [2.05, 4.69) is 15.3 Å². The van der Waals surface area contributed by atoms with Gasteiger partial charge >= 0.3 is 5.97 Å². The lowest BCUT2D eigenvalue weighted by Gasteiger charge is -2.23. The topological polar surface area (TPSA) is 112 Å². The summed E-state index contributed by atoms with van der Waals surface area (Å²) in [5.74, 6) is -1.79. The highest BCUT2D eigenvalue weighted by atomic mass is 32.2. The Kier molecular flexibility index (Phi) is 9.37. The maximum atomic E-state index is 13.7. The van der Waals surface area contributed by atoms with E-state index in [1.165, 1.54) is 47.0 Å². The van der Waals surface area contributed by atoms with Crippen LogP contribution in [0.2, 0.25) is 0 Å². The summed E-state index contributed by atoms with van der Waals surface area (Å²) in [6.07, 6.45) is 2.76. The van der Waals surface area contributed by atoms with Crippen LogP contribution in [0.5, 0.6) is 0 Å². The number of carboxylic acid groups (broad SMARTS) is 1. The second-order valence-corrected chi connectivity index (χ2v) is 11.9. The van der Waals surface area contributed by atoms with Crippen LogP contribution in [0.3, 0.4) is 0 Å². The van der Waals surface area contributed by atoms with Gasteiger partial charge in [0, 0.05) is 24.9 Å². The van der Waals surface area contributed by atoms with E-state index in [1.807, 2.05) is 24.3 Å². The van der Waals surface area contributed by atoms with Crippen molar-refractivity contribution >= 4 is 21.8 Å². The molecule has 0 bridgehead atoms. The van der Waals surface area contributed by atoms with Crippen LogP contribution in [0.1, 0.15) is 33.9 Å². The van der Waals surface area contributed by atoms with Crippen molar-refractivity contribution in [1.82, 2.24) is 14.3 Å². The average molecular weight is 615 g/mol. The van der Waals surface area contributed by atoms with Gasteiger partial charge in [-0.15, -0.1) is 0 Å². The predicted molar refractivity (Wildman–Crippen MR) is 161 cm³/mol. The molecular weight excluding hydrogens is 586 g/mol. The molecular formula is C33H28F2N4O4S. The number of aromatic nitrogens is 2. The fraction of sp³-hybridized carbons (Fsp3) is 0.121. The van der Waals surface area contributed by atoms with Crippen LogP contribution in [0, 0.1) is 11.6 Å². The number of benzene rings is 3. The lowest BCUT2D eigenvalue weighted by Crippen LogP contribution is -2.31. The maximum Gasteiger partial charge on any atom is 0.322 e. The quantitative estimate of drug-likeness (QED) is 0.170. The van der Waals surface area contributed by atoms with E-state index in [4.69, 9.17) is 5.11 Å². The molecule has 44 heavy (non-hydrogen) atoms. The number of hydrogen-bond donors (Lipinski definition) is 2. The summed E-state index contributed by atoms with van der Waals surface area (Å²) >= 11 is 0. The fourth-order valence-corrected chi connectivity index (χ4v) is 6.16. The van der Waals surface area contributed by atoms with Crippen molar-refractivity contribution in [2.75, 3.05) is 11.9 Å². The second-order valence-electron chi connectivity index (χ2n) is 10.0. The highest BCUT2D eigenvalue weighted by Gasteiger charge is 2.26. The molecule has 0 aliphatic rings. The summed E-state index contributed by atoms with van der Waals surface area (Å²) < 4.78 is 56.2. The molecule has 0 aliphatic heterocycles. The van der Waals surface area contributed by atoms with Crippen molar-refractivity contribution in [2.45, 2.75) is 23.9 Å². The van der Waals surface area contributed by atoms with E-state index in [0.29, 0.717) is 17.1 Å². The molecule has 0 spiro atoms. The van der Waals surface area contributed by atoms with E-state index in [0.717, 1.165) is 16.7 Å². The number of halogens is 2. The molecule has 0 radical (unpaired) electrons. The first-order chi connectivity index (χ1) is 21.2. The number of carboxylic acids is 1. The molecule has 0 unspecified atom stereocenters. The minimum absolute atomic E-state index is 0.00370. The molecule has 2 heterocycles. The van der Waals surface area contributed by atoms with Crippen molar-refractivity contribution < 1.29 is 27.1 Å². The third-order valence-electron chi connectivity index (χ3n) is 6.92. The summed E-state index contributed by atoms with van der Waals surface area (Å²) in [4.78, 5) is 19.4. The molecule has 3 aromatic carbocycles. The van der Waals surface area contributed by atoms with Gasteiger partial charge in [0.1, 0.15) is 28.9 Å². The Hall–Kier alpha value is -5.00. The number of rotatable bonds is 12. The summed E-state index contributed by atoms with van der Waals surface area (Å²) in [5, 5.41) is 11.7. The van der Waals surface area contributed by atoms with E-state index < -0.39 is 16.0 Å². The zero-order chi connectivity index (χ0) is 31.1.